The molecule has 1 saturated carbocycles. The highest BCUT2D eigenvalue weighted by Crippen LogP contribution is 2.39. The maximum Gasteiger partial charge on any atom is 0.234 e. The van der Waals surface area contributed by atoms with E-state index in [2.05, 4.69) is 50.8 Å². The Balaban J connectivity index is 1.31. The Morgan fingerprint density at radius 1 is 0.886 bits per heavy atom. The molecule has 1 saturated heterocycles. The summed E-state index contributed by atoms with van der Waals surface area (Å²) >= 11 is 5.70. The molecule has 0 bridgehead atoms. The summed E-state index contributed by atoms with van der Waals surface area (Å²) in [6, 6.07) is 22.5. The highest BCUT2D eigenvalue weighted by Gasteiger charge is 2.33. The van der Waals surface area contributed by atoms with Crippen molar-refractivity contribution in [1.82, 2.24) is 15.3 Å². The molecule has 2 fully saturated rings. The van der Waals surface area contributed by atoms with Gasteiger partial charge in [-0.25, -0.2) is 0 Å². The summed E-state index contributed by atoms with van der Waals surface area (Å²) in [5.41, 5.74) is 1.49. The van der Waals surface area contributed by atoms with E-state index in [9.17, 15) is 0 Å². The van der Waals surface area contributed by atoms with Crippen LogP contribution >= 0.6 is 12.2 Å². The summed E-state index contributed by atoms with van der Waals surface area (Å²) in [7, 11) is 0. The van der Waals surface area contributed by atoms with Gasteiger partial charge in [0.25, 0.3) is 0 Å². The third-order valence-electron chi connectivity index (χ3n) is 7.09. The largest absolute Gasteiger partial charge is 0.439 e. The molecule has 2 N–H and O–H groups in total. The van der Waals surface area contributed by atoms with Gasteiger partial charge in [-0.3, -0.25) is 0 Å². The van der Waals surface area contributed by atoms with Crippen molar-refractivity contribution in [2.24, 2.45) is 0 Å². The Labute approximate surface area is 213 Å². The van der Waals surface area contributed by atoms with Crippen LogP contribution in [0.3, 0.4) is 0 Å². The first kappa shape index (κ1) is 23.5. The van der Waals surface area contributed by atoms with Gasteiger partial charge in [0.1, 0.15) is 11.6 Å². The molecule has 7 heteroatoms. The van der Waals surface area contributed by atoms with E-state index in [1.54, 1.807) is 0 Å². The number of benzene rings is 2. The zero-order chi connectivity index (χ0) is 23.9. The van der Waals surface area contributed by atoms with E-state index < -0.39 is 0 Å². The summed E-state index contributed by atoms with van der Waals surface area (Å²) in [6.45, 7) is 2.77. The van der Waals surface area contributed by atoms with Crippen LogP contribution < -0.4 is 20.3 Å². The van der Waals surface area contributed by atoms with Gasteiger partial charge in [0.2, 0.25) is 11.8 Å². The predicted molar refractivity (Wildman–Crippen MR) is 145 cm³/mol. The van der Waals surface area contributed by atoms with Crippen molar-refractivity contribution in [2.75, 3.05) is 29.9 Å². The van der Waals surface area contributed by atoms with Gasteiger partial charge in [-0.1, -0.05) is 67.8 Å². The Kier molecular flexibility index (Phi) is 7.42. The number of anilines is 2. The Hall–Kier alpha value is -3.19. The minimum absolute atomic E-state index is 0.102. The van der Waals surface area contributed by atoms with Crippen molar-refractivity contribution >= 4 is 29.1 Å². The van der Waals surface area contributed by atoms with E-state index in [0.29, 0.717) is 16.9 Å². The van der Waals surface area contributed by atoms with Crippen molar-refractivity contribution < 1.29 is 4.74 Å². The molecule has 35 heavy (non-hydrogen) atoms. The molecule has 0 spiro atoms. The van der Waals surface area contributed by atoms with Gasteiger partial charge in [0, 0.05) is 31.1 Å². The summed E-state index contributed by atoms with van der Waals surface area (Å²) in [5, 5.41) is 7.25. The standard InChI is InChI=1S/C28H33N5OS/c35-27(29-21-28(16-8-3-9-17-28)22-12-4-1-5-13-22)32-26-30-24(33-18-10-11-19-33)20-25(31-26)34-23-14-6-2-7-15-23/h1-2,4-7,12-15,20H,3,8-11,16-19,21H2,(H2,29,30,31,32,35). The maximum absolute atomic E-state index is 6.05. The van der Waals surface area contributed by atoms with Crippen LogP contribution in [0, 0.1) is 0 Å². The summed E-state index contributed by atoms with van der Waals surface area (Å²) in [5.74, 6) is 2.57. The van der Waals surface area contributed by atoms with Crippen molar-refractivity contribution in [3.63, 3.8) is 0 Å². The number of nitrogens with zero attached hydrogens (tertiary/aromatic N) is 3. The molecule has 0 unspecified atom stereocenters. The normalized spacial score (nSPS) is 17.1. The van der Waals surface area contributed by atoms with E-state index in [-0.39, 0.29) is 5.41 Å². The SMILES string of the molecule is S=C(NCC1(c2ccccc2)CCCCC1)Nc1nc(Oc2ccccc2)cc(N2CCCC2)n1. The number of hydrogen-bond donors (Lipinski definition) is 2. The summed E-state index contributed by atoms with van der Waals surface area (Å²) in [4.78, 5) is 11.6. The molecule has 0 radical (unpaired) electrons. The van der Waals surface area contributed by atoms with Gasteiger partial charge >= 0.3 is 0 Å². The number of nitrogens with one attached hydrogen (secondary N) is 2. The van der Waals surface area contributed by atoms with Crippen LogP contribution in [0.5, 0.6) is 11.6 Å². The number of para-hydroxylation sites is 1. The van der Waals surface area contributed by atoms with Crippen LogP contribution in [0.15, 0.2) is 66.7 Å². The topological polar surface area (TPSA) is 62.3 Å². The fraction of sp³-hybridized carbons (Fsp3) is 0.393. The molecule has 6 nitrogen and oxygen atoms in total. The maximum atomic E-state index is 6.05. The Morgan fingerprint density at radius 2 is 1.57 bits per heavy atom. The van der Waals surface area contributed by atoms with Crippen LogP contribution in [0.2, 0.25) is 0 Å². The molecule has 182 valence electrons. The molecule has 5 rings (SSSR count). The van der Waals surface area contributed by atoms with Crippen molar-refractivity contribution in [3.05, 3.63) is 72.3 Å². The molecule has 1 aliphatic heterocycles. The fourth-order valence-corrected chi connectivity index (χ4v) is 5.39. The second-order valence-corrected chi connectivity index (χ2v) is 9.92. The second-order valence-electron chi connectivity index (χ2n) is 9.51. The lowest BCUT2D eigenvalue weighted by atomic mass is 9.69. The van der Waals surface area contributed by atoms with Crippen LogP contribution in [0.1, 0.15) is 50.5 Å². The molecule has 2 heterocycles. The van der Waals surface area contributed by atoms with E-state index in [4.69, 9.17) is 21.9 Å². The molecule has 2 aliphatic rings. The minimum atomic E-state index is 0.102. The number of ether oxygens (including phenoxy) is 1. The Morgan fingerprint density at radius 3 is 2.29 bits per heavy atom. The quantitative estimate of drug-likeness (QED) is 0.393. The molecule has 0 atom stereocenters. The lowest BCUT2D eigenvalue weighted by Gasteiger charge is -2.38. The zero-order valence-corrected chi connectivity index (χ0v) is 20.9. The van der Waals surface area contributed by atoms with E-state index >= 15 is 0 Å². The van der Waals surface area contributed by atoms with Gasteiger partial charge in [0.15, 0.2) is 5.11 Å². The lowest BCUT2D eigenvalue weighted by Crippen LogP contribution is -2.43. The minimum Gasteiger partial charge on any atom is -0.439 e. The highest BCUT2D eigenvalue weighted by atomic mass is 32.1. The molecular formula is C28H33N5OS. The van der Waals surface area contributed by atoms with Crippen LogP contribution in [-0.2, 0) is 5.41 Å². The fourth-order valence-electron chi connectivity index (χ4n) is 5.22. The molecule has 1 aliphatic carbocycles. The summed E-state index contributed by atoms with van der Waals surface area (Å²) < 4.78 is 6.05. The van der Waals surface area contributed by atoms with Crippen LogP contribution in [0.25, 0.3) is 0 Å². The van der Waals surface area contributed by atoms with Gasteiger partial charge in [-0.2, -0.15) is 9.97 Å². The number of thiocarbonyl (C=S) groups is 1. The first-order valence-electron chi connectivity index (χ1n) is 12.7. The van der Waals surface area contributed by atoms with Gasteiger partial charge < -0.3 is 20.3 Å². The zero-order valence-electron chi connectivity index (χ0n) is 20.1. The lowest BCUT2D eigenvalue weighted by molar-refractivity contribution is 0.292. The average Bonchev–Trinajstić information content (AvgIpc) is 3.44. The number of rotatable bonds is 7. The number of aromatic nitrogens is 2. The summed E-state index contributed by atoms with van der Waals surface area (Å²) in [6.07, 6.45) is 8.48. The third kappa shape index (κ3) is 5.90. The van der Waals surface area contributed by atoms with Crippen LogP contribution in [-0.4, -0.2) is 34.7 Å². The average molecular weight is 488 g/mol. The molecule has 0 amide bonds. The van der Waals surface area contributed by atoms with Gasteiger partial charge in [-0.05, 0) is 55.6 Å². The van der Waals surface area contributed by atoms with Gasteiger partial charge in [0.05, 0.1) is 0 Å². The smallest absolute Gasteiger partial charge is 0.234 e. The first-order chi connectivity index (χ1) is 17.2. The van der Waals surface area contributed by atoms with E-state index in [1.165, 1.54) is 50.5 Å². The highest BCUT2D eigenvalue weighted by molar-refractivity contribution is 7.80. The van der Waals surface area contributed by atoms with Crippen molar-refractivity contribution in [1.29, 1.82) is 0 Å². The molecule has 1 aromatic heterocycles. The second kappa shape index (κ2) is 11.0. The van der Waals surface area contributed by atoms with Gasteiger partial charge in [-0.15, -0.1) is 0 Å². The van der Waals surface area contributed by atoms with Crippen molar-refractivity contribution in [3.8, 4) is 11.6 Å². The first-order valence-corrected chi connectivity index (χ1v) is 13.1. The number of hydrogen-bond acceptors (Lipinski definition) is 5. The monoisotopic (exact) mass is 487 g/mol. The van der Waals surface area contributed by atoms with E-state index in [1.807, 2.05) is 36.4 Å². The molecule has 3 aromatic rings. The predicted octanol–water partition coefficient (Wildman–Crippen LogP) is 6.06. The van der Waals surface area contributed by atoms with E-state index in [0.717, 1.165) is 31.2 Å². The third-order valence-corrected chi connectivity index (χ3v) is 7.34. The molecular weight excluding hydrogens is 454 g/mol. The van der Waals surface area contributed by atoms with Crippen molar-refractivity contribution in [2.45, 2.75) is 50.4 Å². The molecule has 2 aromatic carbocycles. The Bertz CT molecular complexity index is 1110. The van der Waals surface area contributed by atoms with Crippen LogP contribution in [0.4, 0.5) is 11.8 Å².